The predicted molar refractivity (Wildman–Crippen MR) is 119 cm³/mol. The Balaban J connectivity index is 1.90. The summed E-state index contributed by atoms with van der Waals surface area (Å²) < 4.78 is 0. The summed E-state index contributed by atoms with van der Waals surface area (Å²) in [7, 11) is 0. The first-order chi connectivity index (χ1) is 14.7. The molecule has 0 atom stereocenters. The number of aromatic nitrogens is 1. The molecule has 0 bridgehead atoms. The first kappa shape index (κ1) is 19.2. The molecule has 5 heteroatoms. The van der Waals surface area contributed by atoms with E-state index in [0.717, 1.165) is 22.2 Å². The van der Waals surface area contributed by atoms with Gasteiger partial charge in [-0.15, -0.1) is 0 Å². The Morgan fingerprint density at radius 2 is 1.83 bits per heavy atom. The number of nitrogens with one attached hydrogen (secondary N) is 1. The molecular weight excluding hydrogens is 374 g/mol. The topological polar surface area (TPSA) is 91.5 Å². The second kappa shape index (κ2) is 8.48. The SMILES string of the molecule is NCc1ccc(N=C(c2ccccc2)c2c(O)[nH]c3cc(C#CC=O)ccc23)cc1. The van der Waals surface area contributed by atoms with E-state index in [1.165, 1.54) is 0 Å². The average Bonchev–Trinajstić information content (AvgIpc) is 3.11. The van der Waals surface area contributed by atoms with Crippen LogP contribution in [0.2, 0.25) is 0 Å². The molecule has 1 heterocycles. The molecule has 0 fully saturated rings. The maximum atomic E-state index is 10.7. The molecule has 4 rings (SSSR count). The summed E-state index contributed by atoms with van der Waals surface area (Å²) in [6.45, 7) is 0.466. The summed E-state index contributed by atoms with van der Waals surface area (Å²) in [5.74, 6) is 5.19. The number of aliphatic imine (C=N–C) groups is 1. The minimum Gasteiger partial charge on any atom is -0.494 e. The molecule has 146 valence electrons. The number of H-pyrrole nitrogens is 1. The minimum absolute atomic E-state index is 0.0201. The highest BCUT2D eigenvalue weighted by Crippen LogP contribution is 2.32. The number of nitrogens with zero attached hydrogens (tertiary/aromatic N) is 1. The van der Waals surface area contributed by atoms with Gasteiger partial charge in [-0.2, -0.15) is 0 Å². The fourth-order valence-corrected chi connectivity index (χ4v) is 3.31. The predicted octanol–water partition coefficient (Wildman–Crippen LogP) is 4.05. The van der Waals surface area contributed by atoms with Crippen molar-refractivity contribution in [1.82, 2.24) is 4.98 Å². The summed E-state index contributed by atoms with van der Waals surface area (Å²) in [6.07, 6.45) is 0.553. The van der Waals surface area contributed by atoms with E-state index in [0.29, 0.717) is 35.2 Å². The standard InChI is InChI=1S/C25H19N3O2/c26-16-18-8-11-20(12-9-18)27-24(19-6-2-1-3-7-19)23-21-13-10-17(5-4-14-29)15-22(21)28-25(23)30/h1-3,6-15,28,30H,16,26H2. The normalized spacial score (nSPS) is 11.2. The Morgan fingerprint density at radius 3 is 2.53 bits per heavy atom. The Morgan fingerprint density at radius 1 is 1.07 bits per heavy atom. The second-order valence-corrected chi connectivity index (χ2v) is 6.69. The number of rotatable bonds is 4. The van der Waals surface area contributed by atoms with E-state index in [-0.39, 0.29) is 5.88 Å². The largest absolute Gasteiger partial charge is 0.494 e. The lowest BCUT2D eigenvalue weighted by molar-refractivity contribution is -0.103. The van der Waals surface area contributed by atoms with Crippen molar-refractivity contribution in [2.24, 2.45) is 10.7 Å². The number of carbonyl (C=O) groups is 1. The Labute approximate surface area is 173 Å². The summed E-state index contributed by atoms with van der Waals surface area (Å²) in [4.78, 5) is 18.4. The van der Waals surface area contributed by atoms with Gasteiger partial charge in [0.1, 0.15) is 0 Å². The van der Waals surface area contributed by atoms with Crippen LogP contribution in [0, 0.1) is 11.8 Å². The molecule has 0 aliphatic rings. The molecule has 0 aliphatic carbocycles. The quantitative estimate of drug-likeness (QED) is 0.277. The van der Waals surface area contributed by atoms with Gasteiger partial charge in [0.2, 0.25) is 0 Å². The third-order valence-corrected chi connectivity index (χ3v) is 4.75. The molecule has 0 spiro atoms. The highest BCUT2D eigenvalue weighted by Gasteiger charge is 2.18. The van der Waals surface area contributed by atoms with E-state index in [4.69, 9.17) is 10.7 Å². The van der Waals surface area contributed by atoms with Gasteiger partial charge < -0.3 is 15.8 Å². The zero-order valence-electron chi connectivity index (χ0n) is 16.1. The van der Waals surface area contributed by atoms with Crippen molar-refractivity contribution in [3.63, 3.8) is 0 Å². The van der Waals surface area contributed by atoms with Crippen LogP contribution >= 0.6 is 0 Å². The van der Waals surface area contributed by atoms with Crippen LogP contribution in [-0.2, 0) is 11.3 Å². The Kier molecular flexibility index (Phi) is 5.42. The first-order valence-electron chi connectivity index (χ1n) is 9.43. The average molecular weight is 393 g/mol. The summed E-state index contributed by atoms with van der Waals surface area (Å²) >= 11 is 0. The second-order valence-electron chi connectivity index (χ2n) is 6.69. The smallest absolute Gasteiger partial charge is 0.199 e. The van der Waals surface area contributed by atoms with Crippen LogP contribution in [0.5, 0.6) is 5.88 Å². The Bertz CT molecular complexity index is 1290. The van der Waals surface area contributed by atoms with Crippen LogP contribution in [0.4, 0.5) is 5.69 Å². The molecule has 0 radical (unpaired) electrons. The zero-order chi connectivity index (χ0) is 20.9. The minimum atomic E-state index is 0.0201. The van der Waals surface area contributed by atoms with Crippen LogP contribution in [-0.4, -0.2) is 22.1 Å². The van der Waals surface area contributed by atoms with Crippen LogP contribution < -0.4 is 5.73 Å². The molecule has 1 aromatic heterocycles. The molecule has 3 aromatic carbocycles. The van der Waals surface area contributed by atoms with E-state index >= 15 is 0 Å². The highest BCUT2D eigenvalue weighted by molar-refractivity contribution is 6.21. The number of hydrogen-bond acceptors (Lipinski definition) is 4. The number of hydrogen-bond donors (Lipinski definition) is 3. The lowest BCUT2D eigenvalue weighted by Gasteiger charge is -2.08. The lowest BCUT2D eigenvalue weighted by atomic mass is 10.00. The summed E-state index contributed by atoms with van der Waals surface area (Å²) in [5, 5.41) is 11.6. The van der Waals surface area contributed by atoms with Gasteiger partial charge in [-0.1, -0.05) is 54.5 Å². The van der Waals surface area contributed by atoms with Crippen molar-refractivity contribution >= 4 is 28.6 Å². The van der Waals surface area contributed by atoms with Crippen molar-refractivity contribution in [1.29, 1.82) is 0 Å². The molecule has 30 heavy (non-hydrogen) atoms. The summed E-state index contributed by atoms with van der Waals surface area (Å²) in [6, 6.07) is 22.9. The monoisotopic (exact) mass is 393 g/mol. The zero-order valence-corrected chi connectivity index (χ0v) is 16.1. The van der Waals surface area contributed by atoms with Crippen molar-refractivity contribution in [3.05, 3.63) is 95.1 Å². The number of nitrogens with two attached hydrogens (primary N) is 1. The molecule has 0 unspecified atom stereocenters. The number of aromatic hydroxyl groups is 1. The van der Waals surface area contributed by atoms with E-state index < -0.39 is 0 Å². The fourth-order valence-electron chi connectivity index (χ4n) is 3.31. The van der Waals surface area contributed by atoms with Crippen LogP contribution in [0.3, 0.4) is 0 Å². The molecular formula is C25H19N3O2. The Hall–Kier alpha value is -4.14. The van der Waals surface area contributed by atoms with Gasteiger partial charge in [0.05, 0.1) is 22.5 Å². The van der Waals surface area contributed by atoms with Crippen molar-refractivity contribution in [2.45, 2.75) is 6.54 Å². The van der Waals surface area contributed by atoms with Crippen molar-refractivity contribution in [2.75, 3.05) is 0 Å². The fraction of sp³-hybridized carbons (Fsp3) is 0.0400. The first-order valence-corrected chi connectivity index (χ1v) is 9.43. The molecule has 4 N–H and O–H groups in total. The number of carbonyl (C=O) groups excluding carboxylic acids is 1. The van der Waals surface area contributed by atoms with Crippen molar-refractivity contribution in [3.8, 4) is 17.7 Å². The third kappa shape index (κ3) is 3.86. The van der Waals surface area contributed by atoms with Gasteiger partial charge in [-0.3, -0.25) is 4.79 Å². The van der Waals surface area contributed by atoms with Gasteiger partial charge >= 0.3 is 0 Å². The molecule has 0 amide bonds. The number of aldehydes is 1. The van der Waals surface area contributed by atoms with E-state index in [1.54, 1.807) is 6.07 Å². The van der Waals surface area contributed by atoms with Gasteiger partial charge in [0, 0.05) is 23.1 Å². The van der Waals surface area contributed by atoms with E-state index in [9.17, 15) is 9.90 Å². The van der Waals surface area contributed by atoms with E-state index in [2.05, 4.69) is 16.8 Å². The summed E-state index contributed by atoms with van der Waals surface area (Å²) in [5.41, 5.74) is 11.0. The van der Waals surface area contributed by atoms with Crippen LogP contribution in [0.1, 0.15) is 22.3 Å². The van der Waals surface area contributed by atoms with Crippen molar-refractivity contribution < 1.29 is 9.90 Å². The maximum Gasteiger partial charge on any atom is 0.199 e. The maximum absolute atomic E-state index is 10.7. The third-order valence-electron chi connectivity index (χ3n) is 4.75. The lowest BCUT2D eigenvalue weighted by Crippen LogP contribution is -2.03. The highest BCUT2D eigenvalue weighted by atomic mass is 16.3. The van der Waals surface area contributed by atoms with Crippen LogP contribution in [0.15, 0.2) is 77.8 Å². The number of aromatic amines is 1. The number of benzene rings is 3. The van der Waals surface area contributed by atoms with Gasteiger partial charge in [0.25, 0.3) is 0 Å². The van der Waals surface area contributed by atoms with Gasteiger partial charge in [-0.25, -0.2) is 4.99 Å². The van der Waals surface area contributed by atoms with Crippen LogP contribution in [0.25, 0.3) is 10.9 Å². The van der Waals surface area contributed by atoms with E-state index in [1.807, 2.05) is 66.7 Å². The molecule has 5 nitrogen and oxygen atoms in total. The molecule has 0 aliphatic heterocycles. The van der Waals surface area contributed by atoms with Gasteiger partial charge in [0.15, 0.2) is 12.2 Å². The molecule has 4 aromatic rings. The molecule has 0 saturated carbocycles. The molecule has 0 saturated heterocycles. The number of fused-ring (bicyclic) bond motifs is 1. The van der Waals surface area contributed by atoms with Gasteiger partial charge in [-0.05, 0) is 35.7 Å².